The molecule has 0 saturated carbocycles. The van der Waals surface area contributed by atoms with Crippen molar-refractivity contribution >= 4 is 27.3 Å². The fraction of sp³-hybridized carbons (Fsp3) is 0.435. The molecule has 0 aliphatic carbocycles. The summed E-state index contributed by atoms with van der Waals surface area (Å²) in [5, 5.41) is 2.95. The minimum atomic E-state index is -3.66. The molecule has 0 spiro atoms. The number of sulfonamides is 1. The molecule has 1 saturated heterocycles. The Hall–Kier alpha value is -2.42. The molecule has 0 unspecified atom stereocenters. The van der Waals surface area contributed by atoms with Crippen molar-refractivity contribution in [2.45, 2.75) is 32.1 Å². The van der Waals surface area contributed by atoms with Gasteiger partial charge in [0.15, 0.2) is 0 Å². The first-order valence-corrected chi connectivity index (χ1v) is 12.1. The third-order valence-corrected chi connectivity index (χ3v) is 7.33. The molecule has 1 fully saturated rings. The molecule has 31 heavy (non-hydrogen) atoms. The summed E-state index contributed by atoms with van der Waals surface area (Å²) in [4.78, 5) is 15.0. The van der Waals surface area contributed by atoms with E-state index in [-0.39, 0.29) is 17.2 Å². The lowest BCUT2D eigenvalue weighted by Crippen LogP contribution is -2.40. The number of carbonyl (C=O) groups excluding carboxylic acids is 1. The van der Waals surface area contributed by atoms with Crippen LogP contribution in [0, 0.1) is 6.92 Å². The van der Waals surface area contributed by atoms with Crippen molar-refractivity contribution in [1.82, 2.24) is 4.31 Å². The van der Waals surface area contributed by atoms with Gasteiger partial charge < -0.3 is 15.0 Å². The Bertz CT molecular complexity index is 996. The zero-order chi connectivity index (χ0) is 22.4. The Morgan fingerprint density at radius 1 is 1.06 bits per heavy atom. The summed E-state index contributed by atoms with van der Waals surface area (Å²) in [5.41, 5.74) is 3.36. The van der Waals surface area contributed by atoms with Gasteiger partial charge in [-0.25, -0.2) is 8.42 Å². The summed E-state index contributed by atoms with van der Waals surface area (Å²) >= 11 is 0. The van der Waals surface area contributed by atoms with Gasteiger partial charge in [0.1, 0.15) is 0 Å². The number of amides is 1. The van der Waals surface area contributed by atoms with Gasteiger partial charge in [-0.05, 0) is 44.5 Å². The van der Waals surface area contributed by atoms with Crippen LogP contribution in [-0.2, 0) is 26.0 Å². The molecule has 0 radical (unpaired) electrons. The second-order valence-electron chi connectivity index (χ2n) is 7.58. The van der Waals surface area contributed by atoms with Crippen LogP contribution in [0.1, 0.15) is 25.0 Å². The number of anilines is 2. The average molecular weight is 446 g/mol. The van der Waals surface area contributed by atoms with E-state index in [1.165, 1.54) is 4.31 Å². The number of hydrogen-bond acceptors (Lipinski definition) is 5. The topological polar surface area (TPSA) is 79.0 Å². The molecule has 1 aliphatic heterocycles. The van der Waals surface area contributed by atoms with Crippen molar-refractivity contribution in [3.63, 3.8) is 0 Å². The molecule has 2 aromatic carbocycles. The normalized spacial score (nSPS) is 14.9. The number of hydrogen-bond donors (Lipinski definition) is 1. The lowest BCUT2D eigenvalue weighted by Gasteiger charge is -2.28. The zero-order valence-corrected chi connectivity index (χ0v) is 19.2. The van der Waals surface area contributed by atoms with E-state index in [1.807, 2.05) is 45.0 Å². The van der Waals surface area contributed by atoms with Crippen LogP contribution >= 0.6 is 0 Å². The predicted molar refractivity (Wildman–Crippen MR) is 123 cm³/mol. The van der Waals surface area contributed by atoms with Crippen molar-refractivity contribution < 1.29 is 17.9 Å². The molecule has 3 rings (SSSR count). The third kappa shape index (κ3) is 5.64. The maximum absolute atomic E-state index is 13.1. The first-order chi connectivity index (χ1) is 14.8. The highest BCUT2D eigenvalue weighted by molar-refractivity contribution is 7.89. The molecule has 1 N–H and O–H groups in total. The van der Waals surface area contributed by atoms with Crippen LogP contribution in [-0.4, -0.2) is 58.0 Å². The molecule has 0 bridgehead atoms. The van der Waals surface area contributed by atoms with Crippen molar-refractivity contribution in [3.05, 3.63) is 53.6 Å². The average Bonchev–Trinajstić information content (AvgIpc) is 2.77. The van der Waals surface area contributed by atoms with Gasteiger partial charge in [0.05, 0.1) is 35.9 Å². The minimum absolute atomic E-state index is 0.177. The quantitative estimate of drug-likeness (QED) is 0.676. The highest BCUT2D eigenvalue weighted by Crippen LogP contribution is 2.30. The van der Waals surface area contributed by atoms with Gasteiger partial charge in [-0.1, -0.05) is 29.8 Å². The van der Waals surface area contributed by atoms with E-state index >= 15 is 0 Å². The molecular weight excluding hydrogens is 414 g/mol. The van der Waals surface area contributed by atoms with Gasteiger partial charge in [0.25, 0.3) is 0 Å². The van der Waals surface area contributed by atoms with E-state index in [1.54, 1.807) is 18.2 Å². The number of rotatable bonds is 8. The summed E-state index contributed by atoms with van der Waals surface area (Å²) in [5.74, 6) is -0.182. The van der Waals surface area contributed by atoms with Gasteiger partial charge >= 0.3 is 0 Å². The second-order valence-corrected chi connectivity index (χ2v) is 9.52. The SMILES string of the molecule is CCN(CC)c1ccc(S(=O)(=O)N2CCOCC2)cc1NC(=O)Cc1ccc(C)cc1. The number of aryl methyl sites for hydroxylation is 1. The monoisotopic (exact) mass is 445 g/mol. The molecular formula is C23H31N3O4S. The van der Waals surface area contributed by atoms with Gasteiger partial charge in [-0.15, -0.1) is 0 Å². The number of benzene rings is 2. The summed E-state index contributed by atoms with van der Waals surface area (Å²) < 4.78 is 32.9. The number of ether oxygens (including phenoxy) is 1. The molecule has 168 valence electrons. The zero-order valence-electron chi connectivity index (χ0n) is 18.4. The number of carbonyl (C=O) groups is 1. The summed E-state index contributed by atoms with van der Waals surface area (Å²) in [6.45, 7) is 8.97. The van der Waals surface area contributed by atoms with E-state index in [0.29, 0.717) is 32.0 Å². The molecule has 2 aromatic rings. The van der Waals surface area contributed by atoms with Crippen molar-refractivity contribution in [2.75, 3.05) is 49.6 Å². The number of morpholine rings is 1. The van der Waals surface area contributed by atoms with Crippen LogP contribution in [0.15, 0.2) is 47.4 Å². The third-order valence-electron chi connectivity index (χ3n) is 5.44. The van der Waals surface area contributed by atoms with Crippen LogP contribution < -0.4 is 10.2 Å². The molecule has 8 heteroatoms. The lowest BCUT2D eigenvalue weighted by molar-refractivity contribution is -0.115. The maximum Gasteiger partial charge on any atom is 0.243 e. The first kappa shape index (κ1) is 23.2. The Labute approximate surface area is 185 Å². The molecule has 7 nitrogen and oxygen atoms in total. The van der Waals surface area contributed by atoms with E-state index in [2.05, 4.69) is 10.2 Å². The number of nitrogens with one attached hydrogen (secondary N) is 1. The molecule has 1 amide bonds. The van der Waals surface area contributed by atoms with E-state index < -0.39 is 10.0 Å². The predicted octanol–water partition coefficient (Wildman–Crippen LogP) is 3.04. The largest absolute Gasteiger partial charge is 0.379 e. The van der Waals surface area contributed by atoms with Crippen LogP contribution in [0.25, 0.3) is 0 Å². The fourth-order valence-electron chi connectivity index (χ4n) is 3.64. The smallest absolute Gasteiger partial charge is 0.243 e. The van der Waals surface area contributed by atoms with Gasteiger partial charge in [-0.3, -0.25) is 4.79 Å². The molecule has 0 atom stereocenters. The Morgan fingerprint density at radius 3 is 2.32 bits per heavy atom. The van der Waals surface area contributed by atoms with E-state index in [4.69, 9.17) is 4.74 Å². The fourth-order valence-corrected chi connectivity index (χ4v) is 5.07. The molecule has 1 aliphatic rings. The molecule has 0 aromatic heterocycles. The van der Waals surface area contributed by atoms with Gasteiger partial charge in [0, 0.05) is 26.2 Å². The van der Waals surface area contributed by atoms with Crippen LogP contribution in [0.2, 0.25) is 0 Å². The van der Waals surface area contributed by atoms with Gasteiger partial charge in [0.2, 0.25) is 15.9 Å². The van der Waals surface area contributed by atoms with Crippen molar-refractivity contribution in [1.29, 1.82) is 0 Å². The lowest BCUT2D eigenvalue weighted by atomic mass is 10.1. The Balaban J connectivity index is 1.90. The Kier molecular flexibility index (Phi) is 7.69. The maximum atomic E-state index is 13.1. The van der Waals surface area contributed by atoms with E-state index in [9.17, 15) is 13.2 Å². The van der Waals surface area contributed by atoms with Gasteiger partial charge in [-0.2, -0.15) is 4.31 Å². The summed E-state index contributed by atoms with van der Waals surface area (Å²) in [6, 6.07) is 12.8. The highest BCUT2D eigenvalue weighted by atomic mass is 32.2. The number of nitrogens with zero attached hydrogens (tertiary/aromatic N) is 2. The summed E-state index contributed by atoms with van der Waals surface area (Å²) in [6.07, 6.45) is 0.221. The van der Waals surface area contributed by atoms with Crippen LogP contribution in [0.5, 0.6) is 0 Å². The highest BCUT2D eigenvalue weighted by Gasteiger charge is 2.27. The standard InChI is InChI=1S/C23H31N3O4S/c1-4-25(5-2)22-11-10-20(31(28,29)26-12-14-30-15-13-26)17-21(22)24-23(27)16-19-8-6-18(3)7-9-19/h6-11,17H,4-5,12-16H2,1-3H3,(H,24,27). The van der Waals surface area contributed by atoms with Crippen molar-refractivity contribution in [3.8, 4) is 0 Å². The Morgan fingerprint density at radius 2 is 1.71 bits per heavy atom. The van der Waals surface area contributed by atoms with E-state index in [0.717, 1.165) is 29.9 Å². The minimum Gasteiger partial charge on any atom is -0.379 e. The first-order valence-electron chi connectivity index (χ1n) is 10.7. The van der Waals surface area contributed by atoms with Crippen LogP contribution in [0.3, 0.4) is 0 Å². The summed E-state index contributed by atoms with van der Waals surface area (Å²) in [7, 11) is -3.66. The van der Waals surface area contributed by atoms with Crippen LogP contribution in [0.4, 0.5) is 11.4 Å². The molecule has 1 heterocycles. The second kappa shape index (κ2) is 10.3. The van der Waals surface area contributed by atoms with Crippen molar-refractivity contribution in [2.24, 2.45) is 0 Å².